The van der Waals surface area contributed by atoms with Crippen molar-refractivity contribution in [3.63, 3.8) is 0 Å². The molecule has 0 bridgehead atoms. The van der Waals surface area contributed by atoms with Crippen molar-refractivity contribution in [3.05, 3.63) is 11.6 Å². The zero-order valence-corrected chi connectivity index (χ0v) is 12.9. The lowest BCUT2D eigenvalue weighted by Crippen LogP contribution is -1.92. The quantitative estimate of drug-likeness (QED) is 0.343. The van der Waals surface area contributed by atoms with Gasteiger partial charge in [0.1, 0.15) is 0 Å². The zero-order valence-electron chi connectivity index (χ0n) is 12.9. The number of carbonyl (C=O) groups is 1. The second-order valence-electron chi connectivity index (χ2n) is 5.56. The van der Waals surface area contributed by atoms with E-state index in [2.05, 4.69) is 19.9 Å². The van der Waals surface area contributed by atoms with Gasteiger partial charge in [0.2, 0.25) is 0 Å². The Balaban J connectivity index is 3.26. The maximum absolute atomic E-state index is 10.4. The fourth-order valence-corrected chi connectivity index (χ4v) is 2.26. The summed E-state index contributed by atoms with van der Waals surface area (Å²) >= 11 is 0. The summed E-state index contributed by atoms with van der Waals surface area (Å²) in [7, 11) is 0. The monoisotopic (exact) mass is 268 g/mol. The van der Waals surface area contributed by atoms with Gasteiger partial charge in [-0.25, -0.2) is 0 Å². The van der Waals surface area contributed by atoms with E-state index in [0.717, 1.165) is 6.42 Å². The van der Waals surface area contributed by atoms with Crippen molar-refractivity contribution < 1.29 is 9.90 Å². The third-order valence-electron chi connectivity index (χ3n) is 3.53. The molecule has 0 amide bonds. The summed E-state index contributed by atoms with van der Waals surface area (Å²) in [6, 6.07) is 0. The van der Waals surface area contributed by atoms with Crippen LogP contribution in [0.4, 0.5) is 0 Å². The van der Waals surface area contributed by atoms with Crippen molar-refractivity contribution in [3.8, 4) is 0 Å². The second-order valence-corrected chi connectivity index (χ2v) is 5.56. The minimum Gasteiger partial charge on any atom is -0.481 e. The molecule has 112 valence electrons. The highest BCUT2D eigenvalue weighted by atomic mass is 16.4. The summed E-state index contributed by atoms with van der Waals surface area (Å²) in [5, 5.41) is 8.55. The summed E-state index contributed by atoms with van der Waals surface area (Å²) in [5.74, 6) is -0.702. The van der Waals surface area contributed by atoms with E-state index in [1.54, 1.807) is 0 Å². The van der Waals surface area contributed by atoms with E-state index >= 15 is 0 Å². The summed E-state index contributed by atoms with van der Waals surface area (Å²) in [6.07, 6.45) is 16.4. The first-order chi connectivity index (χ1) is 9.16. The molecular weight excluding hydrogens is 236 g/mol. The number of hydrogen-bond acceptors (Lipinski definition) is 1. The second kappa shape index (κ2) is 13.6. The molecule has 0 saturated carbocycles. The molecule has 1 N–H and O–H groups in total. The van der Waals surface area contributed by atoms with Crippen molar-refractivity contribution in [1.29, 1.82) is 0 Å². The van der Waals surface area contributed by atoms with Crippen LogP contribution in [0.2, 0.25) is 0 Å². The number of unbranched alkanes of at least 4 members (excludes halogenated alkanes) is 8. The van der Waals surface area contributed by atoms with E-state index < -0.39 is 5.97 Å². The third-order valence-corrected chi connectivity index (χ3v) is 3.53. The molecule has 0 aliphatic carbocycles. The highest BCUT2D eigenvalue weighted by Gasteiger charge is 1.96. The van der Waals surface area contributed by atoms with Crippen LogP contribution in [0, 0.1) is 0 Å². The van der Waals surface area contributed by atoms with E-state index in [4.69, 9.17) is 5.11 Å². The maximum Gasteiger partial charge on any atom is 0.303 e. The molecule has 0 aromatic carbocycles. The highest BCUT2D eigenvalue weighted by molar-refractivity contribution is 5.66. The number of aliphatic carboxylic acids is 1. The van der Waals surface area contributed by atoms with Crippen LogP contribution in [0.3, 0.4) is 0 Å². The minimum atomic E-state index is -0.702. The van der Waals surface area contributed by atoms with Gasteiger partial charge in [0.05, 0.1) is 0 Å². The Hall–Kier alpha value is -0.790. The smallest absolute Gasteiger partial charge is 0.303 e. The molecule has 0 atom stereocenters. The molecule has 0 aromatic heterocycles. The predicted molar refractivity (Wildman–Crippen MR) is 82.5 cm³/mol. The molecule has 0 fully saturated rings. The summed E-state index contributed by atoms with van der Waals surface area (Å²) < 4.78 is 0. The Morgan fingerprint density at radius 3 is 1.95 bits per heavy atom. The first kappa shape index (κ1) is 18.2. The normalized spacial score (nSPS) is 11.8. The average molecular weight is 268 g/mol. The highest BCUT2D eigenvalue weighted by Crippen LogP contribution is 2.13. The number of rotatable bonds is 13. The summed E-state index contributed by atoms with van der Waals surface area (Å²) in [5.41, 5.74) is 1.35. The fraction of sp³-hybridized carbons (Fsp3) is 0.824. The Bertz CT molecular complexity index is 244. The van der Waals surface area contributed by atoms with Crippen molar-refractivity contribution in [1.82, 2.24) is 0 Å². The molecule has 0 rings (SSSR count). The van der Waals surface area contributed by atoms with E-state index in [0.29, 0.717) is 6.42 Å². The minimum absolute atomic E-state index is 0.259. The van der Waals surface area contributed by atoms with E-state index in [1.807, 2.05) is 0 Å². The SMILES string of the molecule is CCCCCCCCCCCC(C)=CCCC(=O)O. The Morgan fingerprint density at radius 2 is 1.42 bits per heavy atom. The van der Waals surface area contributed by atoms with Crippen LogP contribution in [0.1, 0.15) is 90.9 Å². The van der Waals surface area contributed by atoms with Gasteiger partial charge in [0, 0.05) is 6.42 Å². The molecular formula is C17H32O2. The molecule has 0 unspecified atom stereocenters. The lowest BCUT2D eigenvalue weighted by molar-refractivity contribution is -0.136. The number of allylic oxidation sites excluding steroid dienone is 2. The maximum atomic E-state index is 10.4. The van der Waals surface area contributed by atoms with E-state index in [-0.39, 0.29) is 6.42 Å². The Labute approximate surface area is 119 Å². The predicted octanol–water partition coefficient (Wildman–Crippen LogP) is 5.72. The van der Waals surface area contributed by atoms with Gasteiger partial charge in [-0.05, 0) is 26.2 Å². The van der Waals surface area contributed by atoms with Gasteiger partial charge in [-0.3, -0.25) is 4.79 Å². The van der Waals surface area contributed by atoms with Crippen molar-refractivity contribution >= 4 is 5.97 Å². The van der Waals surface area contributed by atoms with Gasteiger partial charge >= 0.3 is 5.97 Å². The molecule has 2 nitrogen and oxygen atoms in total. The average Bonchev–Trinajstić information content (AvgIpc) is 2.36. The lowest BCUT2D eigenvalue weighted by atomic mass is 10.0. The van der Waals surface area contributed by atoms with Crippen molar-refractivity contribution in [2.24, 2.45) is 0 Å². The fourth-order valence-electron chi connectivity index (χ4n) is 2.26. The van der Waals surface area contributed by atoms with Crippen molar-refractivity contribution in [2.45, 2.75) is 90.9 Å². The van der Waals surface area contributed by atoms with Crippen LogP contribution in [-0.2, 0) is 4.79 Å². The van der Waals surface area contributed by atoms with Gasteiger partial charge in [0.15, 0.2) is 0 Å². The van der Waals surface area contributed by atoms with Gasteiger partial charge in [-0.1, -0.05) is 69.9 Å². The molecule has 0 aliphatic heterocycles. The number of hydrogen-bond donors (Lipinski definition) is 1. The molecule has 0 aliphatic rings. The van der Waals surface area contributed by atoms with Gasteiger partial charge in [0.25, 0.3) is 0 Å². The first-order valence-electron chi connectivity index (χ1n) is 8.04. The Morgan fingerprint density at radius 1 is 0.895 bits per heavy atom. The van der Waals surface area contributed by atoms with Crippen LogP contribution in [0.25, 0.3) is 0 Å². The lowest BCUT2D eigenvalue weighted by Gasteiger charge is -2.03. The standard InChI is InChI=1S/C17H32O2/c1-3-4-5-6-7-8-9-10-11-13-16(2)14-12-15-17(18)19/h14H,3-13,15H2,1-2H3,(H,18,19). The summed E-state index contributed by atoms with van der Waals surface area (Å²) in [6.45, 7) is 4.37. The molecule has 19 heavy (non-hydrogen) atoms. The van der Waals surface area contributed by atoms with Gasteiger partial charge in [-0.15, -0.1) is 0 Å². The number of carboxylic acids is 1. The van der Waals surface area contributed by atoms with Gasteiger partial charge < -0.3 is 5.11 Å². The van der Waals surface area contributed by atoms with Gasteiger partial charge in [-0.2, -0.15) is 0 Å². The molecule has 0 aromatic rings. The largest absolute Gasteiger partial charge is 0.481 e. The topological polar surface area (TPSA) is 37.3 Å². The number of carboxylic acid groups (broad SMARTS) is 1. The third kappa shape index (κ3) is 15.2. The molecule has 2 heteroatoms. The molecule has 0 heterocycles. The van der Waals surface area contributed by atoms with Crippen LogP contribution < -0.4 is 0 Å². The first-order valence-corrected chi connectivity index (χ1v) is 8.04. The summed E-state index contributed by atoms with van der Waals surface area (Å²) in [4.78, 5) is 10.4. The van der Waals surface area contributed by atoms with Crippen LogP contribution in [0.5, 0.6) is 0 Å². The van der Waals surface area contributed by atoms with Crippen LogP contribution in [-0.4, -0.2) is 11.1 Å². The van der Waals surface area contributed by atoms with Crippen molar-refractivity contribution in [2.75, 3.05) is 0 Å². The van der Waals surface area contributed by atoms with Crippen LogP contribution in [0.15, 0.2) is 11.6 Å². The van der Waals surface area contributed by atoms with E-state index in [9.17, 15) is 4.79 Å². The molecule has 0 spiro atoms. The molecule has 0 radical (unpaired) electrons. The molecule has 0 saturated heterocycles. The van der Waals surface area contributed by atoms with Crippen LogP contribution >= 0.6 is 0 Å². The zero-order chi connectivity index (χ0) is 14.3. The van der Waals surface area contributed by atoms with E-state index in [1.165, 1.54) is 63.4 Å². The Kier molecular flexibility index (Phi) is 13.1.